The Kier molecular flexibility index (Phi) is 3.02. The predicted octanol–water partition coefficient (Wildman–Crippen LogP) is -1.44. The normalized spacial score (nSPS) is 10.0. The lowest BCUT2D eigenvalue weighted by molar-refractivity contribution is 0.682. The molecule has 0 saturated carbocycles. The van der Waals surface area contributed by atoms with Gasteiger partial charge in [0.15, 0.2) is 0 Å². The summed E-state index contributed by atoms with van der Waals surface area (Å²) in [6.07, 6.45) is 0. The molecular weight excluding hydrogens is 78.1 g/mol. The molecule has 0 aliphatic heterocycles. The molecule has 0 aromatic heterocycles. The number of hydrogen-bond acceptors (Lipinski definition) is 2. The summed E-state index contributed by atoms with van der Waals surface area (Å²) in [6.45, 7) is 0.653. The summed E-state index contributed by atoms with van der Waals surface area (Å²) in [5.41, 5.74) is 16.8. The maximum Gasteiger partial charge on any atom is 0.0304 e. The highest BCUT2D eigenvalue weighted by Crippen LogP contribution is 1.62. The summed E-state index contributed by atoms with van der Waals surface area (Å²) in [4.78, 5) is 0. The van der Waals surface area contributed by atoms with Crippen molar-refractivity contribution in [3.63, 3.8) is 0 Å². The molecule has 1 atom stereocenters. The minimum atomic E-state index is -0.120. The minimum absolute atomic E-state index is 0.120. The van der Waals surface area contributed by atoms with Crippen LogP contribution in [0.15, 0.2) is 0 Å². The van der Waals surface area contributed by atoms with Gasteiger partial charge in [0.05, 0.1) is 0 Å². The SMILES string of the molecule is [NH]CC(N)CN. The monoisotopic (exact) mass is 88.1 g/mol. The van der Waals surface area contributed by atoms with E-state index in [-0.39, 0.29) is 12.6 Å². The highest BCUT2D eigenvalue weighted by Gasteiger charge is 1.89. The van der Waals surface area contributed by atoms with E-state index in [4.69, 9.17) is 17.2 Å². The molecule has 0 saturated heterocycles. The van der Waals surface area contributed by atoms with E-state index in [2.05, 4.69) is 0 Å². The summed E-state index contributed by atoms with van der Waals surface area (Å²) in [5.74, 6) is 0. The lowest BCUT2D eigenvalue weighted by Gasteiger charge is -1.99. The van der Waals surface area contributed by atoms with E-state index in [9.17, 15) is 0 Å². The van der Waals surface area contributed by atoms with E-state index in [0.29, 0.717) is 6.54 Å². The van der Waals surface area contributed by atoms with E-state index in [1.165, 1.54) is 0 Å². The summed E-state index contributed by atoms with van der Waals surface area (Å²) in [7, 11) is 0. The van der Waals surface area contributed by atoms with E-state index >= 15 is 0 Å². The second-order valence-corrected chi connectivity index (χ2v) is 1.20. The van der Waals surface area contributed by atoms with Crippen molar-refractivity contribution in [3.8, 4) is 0 Å². The van der Waals surface area contributed by atoms with Crippen molar-refractivity contribution in [3.05, 3.63) is 0 Å². The zero-order chi connectivity index (χ0) is 4.99. The molecule has 0 amide bonds. The quantitative estimate of drug-likeness (QED) is 0.433. The molecule has 0 heterocycles. The smallest absolute Gasteiger partial charge is 0.0304 e. The van der Waals surface area contributed by atoms with Crippen molar-refractivity contribution < 1.29 is 0 Å². The van der Waals surface area contributed by atoms with Gasteiger partial charge in [-0.25, -0.2) is 0 Å². The van der Waals surface area contributed by atoms with Crippen LogP contribution in [-0.2, 0) is 0 Å². The third-order valence-electron chi connectivity index (χ3n) is 0.565. The molecule has 6 heavy (non-hydrogen) atoms. The Morgan fingerprint density at radius 1 is 1.67 bits per heavy atom. The molecule has 0 fully saturated rings. The van der Waals surface area contributed by atoms with Crippen LogP contribution in [0.3, 0.4) is 0 Å². The molecule has 3 heteroatoms. The van der Waals surface area contributed by atoms with Crippen LogP contribution in [0.5, 0.6) is 0 Å². The van der Waals surface area contributed by atoms with Crippen LogP contribution < -0.4 is 17.2 Å². The molecule has 37 valence electrons. The van der Waals surface area contributed by atoms with Gasteiger partial charge in [-0.05, 0) is 0 Å². The second-order valence-electron chi connectivity index (χ2n) is 1.20. The van der Waals surface area contributed by atoms with Crippen molar-refractivity contribution in [2.24, 2.45) is 11.5 Å². The fourth-order valence-electron chi connectivity index (χ4n) is 0.0833. The molecule has 3 nitrogen and oxygen atoms in total. The van der Waals surface area contributed by atoms with Crippen molar-refractivity contribution >= 4 is 0 Å². The van der Waals surface area contributed by atoms with Gasteiger partial charge in [-0.3, -0.25) is 5.73 Å². The summed E-state index contributed by atoms with van der Waals surface area (Å²) < 4.78 is 0. The maximum atomic E-state index is 6.60. The van der Waals surface area contributed by atoms with Crippen molar-refractivity contribution in [2.45, 2.75) is 6.04 Å². The zero-order valence-electron chi connectivity index (χ0n) is 3.65. The molecular formula is C3H10N3. The first-order valence-electron chi connectivity index (χ1n) is 1.91. The molecule has 0 spiro atoms. The summed E-state index contributed by atoms with van der Waals surface area (Å²) >= 11 is 0. The molecule has 1 unspecified atom stereocenters. The molecule has 0 aromatic rings. The van der Waals surface area contributed by atoms with Gasteiger partial charge in [-0.1, -0.05) is 0 Å². The average Bonchev–Trinajstić information content (AvgIpc) is 1.65. The number of rotatable bonds is 2. The van der Waals surface area contributed by atoms with Gasteiger partial charge in [-0.15, -0.1) is 0 Å². The van der Waals surface area contributed by atoms with Crippen LogP contribution in [0.1, 0.15) is 0 Å². The minimum Gasteiger partial charge on any atom is -0.329 e. The van der Waals surface area contributed by atoms with Crippen molar-refractivity contribution in [1.82, 2.24) is 5.73 Å². The fourth-order valence-corrected chi connectivity index (χ4v) is 0.0833. The van der Waals surface area contributed by atoms with Crippen LogP contribution in [0.2, 0.25) is 0 Å². The second kappa shape index (κ2) is 3.08. The van der Waals surface area contributed by atoms with E-state index in [1.807, 2.05) is 0 Å². The van der Waals surface area contributed by atoms with Crippen molar-refractivity contribution in [2.75, 3.05) is 13.1 Å². The average molecular weight is 88.1 g/mol. The molecule has 0 aliphatic rings. The maximum absolute atomic E-state index is 6.60. The molecule has 0 bridgehead atoms. The van der Waals surface area contributed by atoms with Gasteiger partial charge in [0, 0.05) is 19.1 Å². The fraction of sp³-hybridized carbons (Fsp3) is 1.00. The van der Waals surface area contributed by atoms with E-state index in [1.54, 1.807) is 0 Å². The first-order chi connectivity index (χ1) is 2.81. The standard InChI is InChI=1S/C3H10N3/c4-1-3(6)2-5/h3-4H,1-2,5-6H2. The van der Waals surface area contributed by atoms with Gasteiger partial charge < -0.3 is 11.5 Å². The topological polar surface area (TPSA) is 75.8 Å². The first kappa shape index (κ1) is 5.88. The van der Waals surface area contributed by atoms with Gasteiger partial charge in [0.2, 0.25) is 0 Å². The van der Waals surface area contributed by atoms with Gasteiger partial charge in [0.1, 0.15) is 0 Å². The van der Waals surface area contributed by atoms with Crippen molar-refractivity contribution in [1.29, 1.82) is 0 Å². The van der Waals surface area contributed by atoms with E-state index in [0.717, 1.165) is 0 Å². The van der Waals surface area contributed by atoms with E-state index < -0.39 is 0 Å². The largest absolute Gasteiger partial charge is 0.329 e. The van der Waals surface area contributed by atoms with Crippen LogP contribution in [0.25, 0.3) is 0 Å². The number of hydrogen-bond donors (Lipinski definition) is 2. The highest BCUT2D eigenvalue weighted by molar-refractivity contribution is 4.58. The molecule has 0 aliphatic carbocycles. The van der Waals surface area contributed by atoms with Gasteiger partial charge >= 0.3 is 0 Å². The van der Waals surface area contributed by atoms with Crippen LogP contribution in [-0.4, -0.2) is 19.1 Å². The van der Waals surface area contributed by atoms with Crippen LogP contribution in [0, 0.1) is 0 Å². The number of nitrogens with two attached hydrogens (primary N) is 2. The van der Waals surface area contributed by atoms with Crippen LogP contribution in [0.4, 0.5) is 0 Å². The Bertz CT molecular complexity index is 25.2. The molecule has 0 aromatic carbocycles. The van der Waals surface area contributed by atoms with Gasteiger partial charge in [-0.2, -0.15) is 0 Å². The lowest BCUT2D eigenvalue weighted by Crippen LogP contribution is -2.33. The lowest BCUT2D eigenvalue weighted by atomic mass is 10.3. The highest BCUT2D eigenvalue weighted by atomic mass is 14.8. The first-order valence-corrected chi connectivity index (χ1v) is 1.91. The Balaban J connectivity index is 2.75. The molecule has 0 rings (SSSR count). The molecule has 5 N–H and O–H groups in total. The summed E-state index contributed by atoms with van der Waals surface area (Å²) in [6, 6.07) is -0.120. The number of nitrogens with one attached hydrogen (secondary N) is 1. The summed E-state index contributed by atoms with van der Waals surface area (Å²) in [5, 5.41) is 0. The third-order valence-corrected chi connectivity index (χ3v) is 0.565. The van der Waals surface area contributed by atoms with Gasteiger partial charge in [0.25, 0.3) is 0 Å². The third kappa shape index (κ3) is 2.14. The zero-order valence-corrected chi connectivity index (χ0v) is 3.65. The molecule has 1 radical (unpaired) electrons. The predicted molar refractivity (Wildman–Crippen MR) is 25.0 cm³/mol. The Morgan fingerprint density at radius 3 is 2.17 bits per heavy atom. The Morgan fingerprint density at radius 2 is 2.17 bits per heavy atom. The Labute approximate surface area is 37.5 Å². The van der Waals surface area contributed by atoms with Crippen LogP contribution >= 0.6 is 0 Å². The Hall–Kier alpha value is -0.120.